The first-order valence-electron chi connectivity index (χ1n) is 5.58. The van der Waals surface area contributed by atoms with Crippen molar-refractivity contribution in [1.82, 2.24) is 5.32 Å². The van der Waals surface area contributed by atoms with Crippen LogP contribution in [0.3, 0.4) is 0 Å². The van der Waals surface area contributed by atoms with Crippen LogP contribution in [0.4, 0.5) is 0 Å². The maximum Gasteiger partial charge on any atom is 0.334 e. The van der Waals surface area contributed by atoms with Crippen molar-refractivity contribution in [3.05, 3.63) is 23.7 Å². The summed E-state index contributed by atoms with van der Waals surface area (Å²) in [5.74, 6) is -0.819. The Kier molecular flexibility index (Phi) is 4.91. The van der Waals surface area contributed by atoms with E-state index in [-0.39, 0.29) is 18.4 Å². The van der Waals surface area contributed by atoms with E-state index in [4.69, 9.17) is 14.3 Å². The molecule has 0 saturated carbocycles. The first-order chi connectivity index (χ1) is 8.47. The first-order valence-corrected chi connectivity index (χ1v) is 5.58. The number of carboxylic acid groups (broad SMARTS) is 1. The van der Waals surface area contributed by atoms with Crippen molar-refractivity contribution < 1.29 is 23.8 Å². The second-order valence-electron chi connectivity index (χ2n) is 4.13. The van der Waals surface area contributed by atoms with Gasteiger partial charge in [-0.05, 0) is 6.07 Å². The summed E-state index contributed by atoms with van der Waals surface area (Å²) in [4.78, 5) is 22.6. The Balaban J connectivity index is 2.65. The lowest BCUT2D eigenvalue weighted by molar-refractivity contribution is -0.148. The van der Waals surface area contributed by atoms with E-state index in [1.165, 1.54) is 13.4 Å². The summed E-state index contributed by atoms with van der Waals surface area (Å²) in [6.07, 6.45) is 0.387. The number of ether oxygens (including phenoxy) is 1. The molecule has 0 aliphatic rings. The van der Waals surface area contributed by atoms with E-state index in [2.05, 4.69) is 5.32 Å². The predicted molar refractivity (Wildman–Crippen MR) is 63.6 cm³/mol. The number of amides is 1. The number of furan rings is 1. The van der Waals surface area contributed by atoms with Crippen molar-refractivity contribution in [3.63, 3.8) is 0 Å². The van der Waals surface area contributed by atoms with E-state index in [1.807, 2.05) is 13.8 Å². The summed E-state index contributed by atoms with van der Waals surface area (Å²) in [5, 5.41) is 11.3. The third-order valence-electron chi connectivity index (χ3n) is 2.47. The van der Waals surface area contributed by atoms with E-state index in [0.29, 0.717) is 11.3 Å². The van der Waals surface area contributed by atoms with Crippen LogP contribution < -0.4 is 5.32 Å². The van der Waals surface area contributed by atoms with E-state index < -0.39 is 12.1 Å². The summed E-state index contributed by atoms with van der Waals surface area (Å²) < 4.78 is 9.94. The van der Waals surface area contributed by atoms with Crippen molar-refractivity contribution in [3.8, 4) is 0 Å². The molecule has 0 fully saturated rings. The highest BCUT2D eigenvalue weighted by atomic mass is 16.5. The molecule has 6 nitrogen and oxygen atoms in total. The molecular formula is C12H17NO5. The molecular weight excluding hydrogens is 238 g/mol. The molecule has 0 saturated heterocycles. The van der Waals surface area contributed by atoms with Gasteiger partial charge in [-0.3, -0.25) is 4.79 Å². The van der Waals surface area contributed by atoms with Crippen LogP contribution in [0.5, 0.6) is 0 Å². The molecule has 1 unspecified atom stereocenters. The zero-order chi connectivity index (χ0) is 13.7. The van der Waals surface area contributed by atoms with Crippen LogP contribution in [0.15, 0.2) is 16.7 Å². The molecule has 2 N–H and O–H groups in total. The van der Waals surface area contributed by atoms with Gasteiger partial charge in [0.2, 0.25) is 0 Å². The molecule has 0 spiro atoms. The Morgan fingerprint density at radius 2 is 2.17 bits per heavy atom. The lowest BCUT2D eigenvalue weighted by atomic mass is 10.1. The van der Waals surface area contributed by atoms with Crippen molar-refractivity contribution in [1.29, 1.82) is 0 Å². The van der Waals surface area contributed by atoms with Crippen LogP contribution in [0.1, 0.15) is 35.9 Å². The second-order valence-corrected chi connectivity index (χ2v) is 4.13. The Hall–Kier alpha value is -1.82. The molecule has 0 radical (unpaired) electrons. The maximum atomic E-state index is 11.9. The van der Waals surface area contributed by atoms with Gasteiger partial charge >= 0.3 is 5.97 Å². The van der Waals surface area contributed by atoms with Gasteiger partial charge in [0.25, 0.3) is 5.91 Å². The van der Waals surface area contributed by atoms with E-state index in [0.717, 1.165) is 0 Å². The van der Waals surface area contributed by atoms with E-state index in [1.54, 1.807) is 6.07 Å². The number of hydrogen-bond acceptors (Lipinski definition) is 4. The normalized spacial score (nSPS) is 12.4. The number of rotatable bonds is 6. The average Bonchev–Trinajstić information content (AvgIpc) is 2.78. The minimum absolute atomic E-state index is 0.0819. The number of carbonyl (C=O) groups is 2. The summed E-state index contributed by atoms with van der Waals surface area (Å²) in [5.41, 5.74) is 0.422. The maximum absolute atomic E-state index is 11.9. The molecule has 0 bridgehead atoms. The number of nitrogens with one attached hydrogen (secondary N) is 1. The van der Waals surface area contributed by atoms with Gasteiger partial charge in [0.15, 0.2) is 6.10 Å². The highest BCUT2D eigenvalue weighted by molar-refractivity contribution is 5.95. The van der Waals surface area contributed by atoms with Gasteiger partial charge < -0.3 is 19.6 Å². The fourth-order valence-electron chi connectivity index (χ4n) is 1.51. The fraction of sp³-hybridized carbons (Fsp3) is 0.500. The number of carboxylic acids is 1. The SMILES string of the molecule is COC(CNC(=O)c1ccoc1C(C)C)C(=O)O. The fourth-order valence-corrected chi connectivity index (χ4v) is 1.51. The molecule has 1 rings (SSSR count). The number of carbonyl (C=O) groups excluding carboxylic acids is 1. The van der Waals surface area contributed by atoms with E-state index in [9.17, 15) is 9.59 Å². The van der Waals surface area contributed by atoms with Gasteiger partial charge in [-0.15, -0.1) is 0 Å². The number of hydrogen-bond donors (Lipinski definition) is 2. The molecule has 18 heavy (non-hydrogen) atoms. The summed E-state index contributed by atoms with van der Waals surface area (Å²) in [6.45, 7) is 3.73. The lowest BCUT2D eigenvalue weighted by Gasteiger charge is -2.12. The molecule has 0 aliphatic carbocycles. The van der Waals surface area contributed by atoms with Gasteiger partial charge in [-0.2, -0.15) is 0 Å². The zero-order valence-corrected chi connectivity index (χ0v) is 10.6. The lowest BCUT2D eigenvalue weighted by Crippen LogP contribution is -2.38. The number of aliphatic carboxylic acids is 1. The van der Waals surface area contributed by atoms with Gasteiger partial charge in [0.05, 0.1) is 18.4 Å². The highest BCUT2D eigenvalue weighted by Gasteiger charge is 2.20. The van der Waals surface area contributed by atoms with Crippen molar-refractivity contribution >= 4 is 11.9 Å². The van der Waals surface area contributed by atoms with Crippen molar-refractivity contribution in [2.75, 3.05) is 13.7 Å². The molecule has 1 heterocycles. The summed E-state index contributed by atoms with van der Waals surface area (Å²) in [7, 11) is 1.28. The standard InChI is InChI=1S/C12H17NO5/c1-7(2)10-8(4-5-18-10)11(14)13-6-9(17-3)12(15)16/h4-5,7,9H,6H2,1-3H3,(H,13,14)(H,15,16). The second kappa shape index (κ2) is 6.20. The van der Waals surface area contributed by atoms with E-state index >= 15 is 0 Å². The molecule has 0 aliphatic heterocycles. The van der Waals surface area contributed by atoms with Gasteiger partial charge in [-0.1, -0.05) is 13.8 Å². The topological polar surface area (TPSA) is 88.8 Å². The average molecular weight is 255 g/mol. The third kappa shape index (κ3) is 3.33. The zero-order valence-electron chi connectivity index (χ0n) is 10.6. The molecule has 100 valence electrons. The van der Waals surface area contributed by atoms with Crippen molar-refractivity contribution in [2.45, 2.75) is 25.9 Å². The van der Waals surface area contributed by atoms with Gasteiger partial charge in [-0.25, -0.2) is 4.79 Å². The van der Waals surface area contributed by atoms with Crippen LogP contribution in [-0.2, 0) is 9.53 Å². The Morgan fingerprint density at radius 1 is 1.50 bits per heavy atom. The molecule has 1 atom stereocenters. The predicted octanol–water partition coefficient (Wildman–Crippen LogP) is 1.23. The van der Waals surface area contributed by atoms with Gasteiger partial charge in [0.1, 0.15) is 5.76 Å². The van der Waals surface area contributed by atoms with Gasteiger partial charge in [0, 0.05) is 13.0 Å². The first kappa shape index (κ1) is 14.2. The Labute approximate surface area is 105 Å². The minimum Gasteiger partial charge on any atom is -0.479 e. The summed E-state index contributed by atoms with van der Waals surface area (Å²) >= 11 is 0. The van der Waals surface area contributed by atoms with Crippen LogP contribution in [0.2, 0.25) is 0 Å². The molecule has 0 aromatic carbocycles. The highest BCUT2D eigenvalue weighted by Crippen LogP contribution is 2.20. The minimum atomic E-state index is -1.12. The molecule has 6 heteroatoms. The Bertz CT molecular complexity index is 424. The smallest absolute Gasteiger partial charge is 0.334 e. The summed E-state index contributed by atoms with van der Waals surface area (Å²) in [6, 6.07) is 1.56. The monoisotopic (exact) mass is 255 g/mol. The third-order valence-corrected chi connectivity index (χ3v) is 2.47. The largest absolute Gasteiger partial charge is 0.479 e. The molecule has 1 amide bonds. The van der Waals surface area contributed by atoms with Crippen LogP contribution in [0, 0.1) is 0 Å². The van der Waals surface area contributed by atoms with Crippen LogP contribution in [-0.4, -0.2) is 36.7 Å². The van der Waals surface area contributed by atoms with Crippen LogP contribution in [0.25, 0.3) is 0 Å². The Morgan fingerprint density at radius 3 is 2.67 bits per heavy atom. The van der Waals surface area contributed by atoms with Crippen molar-refractivity contribution in [2.24, 2.45) is 0 Å². The van der Waals surface area contributed by atoms with Crippen LogP contribution >= 0.6 is 0 Å². The molecule has 1 aromatic heterocycles. The number of methoxy groups -OCH3 is 1. The quantitative estimate of drug-likeness (QED) is 0.798. The molecule has 1 aromatic rings.